The monoisotopic (exact) mass is 289 g/mol. The number of nitrogens with zero attached hydrogens (tertiary/aromatic N) is 3. The number of aryl methyl sites for hydroxylation is 1. The molecule has 1 aromatic heterocycles. The summed E-state index contributed by atoms with van der Waals surface area (Å²) in [5, 5.41) is 13.3. The molecule has 0 aliphatic heterocycles. The Morgan fingerprint density at radius 2 is 2.00 bits per heavy atom. The van der Waals surface area contributed by atoms with Gasteiger partial charge in [0, 0.05) is 10.7 Å². The Hall–Kier alpha value is -1.06. The molecule has 0 spiro atoms. The summed E-state index contributed by atoms with van der Waals surface area (Å²) in [5.41, 5.74) is 0.936. The largest absolute Gasteiger partial charge is 0.264 e. The third kappa shape index (κ3) is 2.68. The van der Waals surface area contributed by atoms with Crippen LogP contribution in [0.25, 0.3) is 0 Å². The van der Waals surface area contributed by atoms with Crippen LogP contribution in [0.2, 0.25) is 0 Å². The number of halogens is 1. The second-order valence-corrected chi connectivity index (χ2v) is 6.37. The molecule has 0 saturated carbocycles. The zero-order valence-electron chi connectivity index (χ0n) is 10.6. The van der Waals surface area contributed by atoms with Crippen molar-refractivity contribution in [3.63, 3.8) is 0 Å². The van der Waals surface area contributed by atoms with E-state index in [9.17, 15) is 8.42 Å². The Bertz CT molecular complexity index is 572. The molecule has 1 rings (SSSR count). The fourth-order valence-corrected chi connectivity index (χ4v) is 3.44. The van der Waals surface area contributed by atoms with Crippen LogP contribution in [0.1, 0.15) is 44.6 Å². The predicted octanol–water partition coefficient (Wildman–Crippen LogP) is 2.41. The maximum absolute atomic E-state index is 11.6. The van der Waals surface area contributed by atoms with E-state index in [1.807, 2.05) is 20.8 Å². The van der Waals surface area contributed by atoms with Crippen molar-refractivity contribution in [2.24, 2.45) is 0 Å². The minimum absolute atomic E-state index is 0.0721. The van der Waals surface area contributed by atoms with Gasteiger partial charge in [-0.05, 0) is 19.3 Å². The molecule has 0 aliphatic carbocycles. The molecule has 0 radical (unpaired) electrons. The molecule has 100 valence electrons. The number of aromatic nitrogens is 2. The fraction of sp³-hybridized carbons (Fsp3) is 0.636. The lowest BCUT2D eigenvalue weighted by atomic mass is 10.2. The van der Waals surface area contributed by atoms with Gasteiger partial charge in [-0.2, -0.15) is 10.4 Å². The highest BCUT2D eigenvalue weighted by Gasteiger charge is 2.27. The molecule has 18 heavy (non-hydrogen) atoms. The van der Waals surface area contributed by atoms with Crippen molar-refractivity contribution in [3.8, 4) is 6.07 Å². The Labute approximate surface area is 112 Å². The number of hydrogen-bond acceptors (Lipinski definition) is 4. The van der Waals surface area contributed by atoms with Crippen LogP contribution in [0.3, 0.4) is 0 Å². The quantitative estimate of drug-likeness (QED) is 0.780. The van der Waals surface area contributed by atoms with E-state index >= 15 is 0 Å². The molecule has 7 heteroatoms. The van der Waals surface area contributed by atoms with Gasteiger partial charge in [0.2, 0.25) is 0 Å². The summed E-state index contributed by atoms with van der Waals surface area (Å²) in [6.45, 7) is 5.49. The zero-order valence-corrected chi connectivity index (χ0v) is 12.2. The van der Waals surface area contributed by atoms with Gasteiger partial charge in [-0.1, -0.05) is 20.8 Å². The average Bonchev–Trinajstić information content (AvgIpc) is 2.69. The van der Waals surface area contributed by atoms with Crippen molar-refractivity contribution < 1.29 is 8.42 Å². The first kappa shape index (κ1) is 15.0. The lowest BCUT2D eigenvalue weighted by Crippen LogP contribution is -2.11. The second kappa shape index (κ2) is 5.72. The zero-order chi connectivity index (χ0) is 13.9. The van der Waals surface area contributed by atoms with Crippen molar-refractivity contribution in [2.45, 2.75) is 51.0 Å². The summed E-state index contributed by atoms with van der Waals surface area (Å²) < 4.78 is 24.8. The second-order valence-electron chi connectivity index (χ2n) is 3.87. The van der Waals surface area contributed by atoms with E-state index in [1.165, 1.54) is 4.68 Å². The summed E-state index contributed by atoms with van der Waals surface area (Å²) in [6.07, 6.45) is 1.49. The first-order valence-electron chi connectivity index (χ1n) is 5.85. The van der Waals surface area contributed by atoms with Crippen molar-refractivity contribution in [2.75, 3.05) is 0 Å². The summed E-state index contributed by atoms with van der Waals surface area (Å²) in [6, 6.07) is 1.66. The molecule has 0 aromatic carbocycles. The average molecular weight is 290 g/mol. The van der Waals surface area contributed by atoms with Crippen molar-refractivity contribution in [3.05, 3.63) is 11.4 Å². The third-order valence-electron chi connectivity index (χ3n) is 2.77. The highest BCUT2D eigenvalue weighted by Crippen LogP contribution is 2.28. The molecule has 0 fully saturated rings. The predicted molar refractivity (Wildman–Crippen MR) is 69.0 cm³/mol. The molecular weight excluding hydrogens is 274 g/mol. The van der Waals surface area contributed by atoms with E-state index in [4.69, 9.17) is 15.9 Å². The van der Waals surface area contributed by atoms with E-state index in [0.717, 1.165) is 0 Å². The van der Waals surface area contributed by atoms with Gasteiger partial charge < -0.3 is 0 Å². The molecule has 1 heterocycles. The smallest absolute Gasteiger partial charge is 0.251 e. The van der Waals surface area contributed by atoms with Crippen LogP contribution in [0, 0.1) is 11.3 Å². The van der Waals surface area contributed by atoms with Gasteiger partial charge in [0.15, 0.2) is 0 Å². The van der Waals surface area contributed by atoms with E-state index < -0.39 is 15.1 Å². The maximum atomic E-state index is 11.6. The van der Waals surface area contributed by atoms with Crippen LogP contribution in [-0.2, 0) is 21.9 Å². The Morgan fingerprint density at radius 1 is 1.39 bits per heavy atom. The summed E-state index contributed by atoms with van der Waals surface area (Å²) in [7, 11) is 1.63. The molecule has 0 amide bonds. The summed E-state index contributed by atoms with van der Waals surface area (Å²) >= 11 is 0. The van der Waals surface area contributed by atoms with Gasteiger partial charge in [0.25, 0.3) is 9.05 Å². The van der Waals surface area contributed by atoms with Gasteiger partial charge in [-0.15, -0.1) is 0 Å². The van der Waals surface area contributed by atoms with Gasteiger partial charge in [-0.25, -0.2) is 8.42 Å². The fourth-order valence-electron chi connectivity index (χ4n) is 1.92. The van der Waals surface area contributed by atoms with E-state index in [0.29, 0.717) is 30.7 Å². The summed E-state index contributed by atoms with van der Waals surface area (Å²) in [4.78, 5) is 0.0721. The lowest BCUT2D eigenvalue weighted by molar-refractivity contribution is 0.508. The Kier molecular flexibility index (Phi) is 4.77. The Balaban J connectivity index is 3.59. The van der Waals surface area contributed by atoms with Crippen molar-refractivity contribution in [1.82, 2.24) is 9.78 Å². The number of rotatable bonds is 5. The third-order valence-corrected chi connectivity index (χ3v) is 4.20. The molecule has 1 aromatic rings. The van der Waals surface area contributed by atoms with Crippen molar-refractivity contribution >= 4 is 19.7 Å². The summed E-state index contributed by atoms with van der Waals surface area (Å²) in [5.74, 6) is 0. The van der Waals surface area contributed by atoms with Crippen molar-refractivity contribution in [1.29, 1.82) is 5.26 Å². The van der Waals surface area contributed by atoms with Crippen LogP contribution in [0.4, 0.5) is 0 Å². The molecule has 1 atom stereocenters. The van der Waals surface area contributed by atoms with Gasteiger partial charge in [0.1, 0.15) is 10.9 Å². The number of hydrogen-bond donors (Lipinski definition) is 0. The van der Waals surface area contributed by atoms with Crippen LogP contribution < -0.4 is 0 Å². The van der Waals surface area contributed by atoms with Crippen LogP contribution >= 0.6 is 10.7 Å². The minimum atomic E-state index is -3.84. The van der Waals surface area contributed by atoms with Gasteiger partial charge in [0.05, 0.1) is 17.5 Å². The van der Waals surface area contributed by atoms with Gasteiger partial charge >= 0.3 is 0 Å². The molecule has 0 N–H and O–H groups in total. The number of nitriles is 1. The molecule has 5 nitrogen and oxygen atoms in total. The normalized spacial score (nSPS) is 13.3. The van der Waals surface area contributed by atoms with Crippen LogP contribution in [0.15, 0.2) is 4.90 Å². The van der Waals surface area contributed by atoms with Gasteiger partial charge in [-0.3, -0.25) is 4.68 Å². The molecule has 1 unspecified atom stereocenters. The van der Waals surface area contributed by atoms with E-state index in [2.05, 4.69) is 11.2 Å². The van der Waals surface area contributed by atoms with E-state index in [-0.39, 0.29) is 4.90 Å². The van der Waals surface area contributed by atoms with Crippen LogP contribution in [-0.4, -0.2) is 18.2 Å². The van der Waals surface area contributed by atoms with Crippen LogP contribution in [0.5, 0.6) is 0 Å². The molecule has 0 aliphatic rings. The first-order chi connectivity index (χ1) is 8.40. The Morgan fingerprint density at radius 3 is 2.33 bits per heavy atom. The highest BCUT2D eigenvalue weighted by molar-refractivity contribution is 8.13. The lowest BCUT2D eigenvalue weighted by Gasteiger charge is -2.10. The minimum Gasteiger partial charge on any atom is -0.251 e. The topological polar surface area (TPSA) is 75.8 Å². The molecule has 0 bridgehead atoms. The standard InChI is InChI=1S/C11H16ClN3O2S/c1-4-8(7-13)15-10(6-3)11(18(12,16)17)9(5-2)14-15/h8H,4-6H2,1-3H3. The highest BCUT2D eigenvalue weighted by atomic mass is 35.7. The SMILES string of the molecule is CCc1nn(C(C#N)CC)c(CC)c1S(=O)(=O)Cl. The molecular formula is C11H16ClN3O2S. The molecule has 0 saturated heterocycles. The first-order valence-corrected chi connectivity index (χ1v) is 8.16. The maximum Gasteiger partial charge on any atom is 0.264 e. The van der Waals surface area contributed by atoms with E-state index in [1.54, 1.807) is 0 Å².